The van der Waals surface area contributed by atoms with Crippen LogP contribution in [0.5, 0.6) is 0 Å². The first-order valence-corrected chi connectivity index (χ1v) is 4.28. The normalized spacial score (nSPS) is 10.1. The maximum absolute atomic E-state index is 13.3. The highest BCUT2D eigenvalue weighted by Gasteiger charge is 2.02. The number of anilines is 2. The van der Waals surface area contributed by atoms with Gasteiger partial charge in [-0.3, -0.25) is 0 Å². The van der Waals surface area contributed by atoms with Crippen LogP contribution in [0.15, 0.2) is 30.6 Å². The first-order chi connectivity index (χ1) is 6.75. The molecule has 4 heteroatoms. The summed E-state index contributed by atoms with van der Waals surface area (Å²) in [5, 5.41) is 2.84. The van der Waals surface area contributed by atoms with Gasteiger partial charge in [0.1, 0.15) is 5.82 Å². The van der Waals surface area contributed by atoms with E-state index in [0.29, 0.717) is 11.6 Å². The number of nitrogens with one attached hydrogen (secondary N) is 2. The lowest BCUT2D eigenvalue weighted by Gasteiger charge is -2.04. The Bertz CT molecular complexity index is 423. The first-order valence-electron chi connectivity index (χ1n) is 4.28. The second-order valence-corrected chi connectivity index (χ2v) is 3.05. The minimum Gasteiger partial charge on any atom is -0.331 e. The average Bonchev–Trinajstić information content (AvgIpc) is 2.62. The van der Waals surface area contributed by atoms with Gasteiger partial charge in [0, 0.05) is 12.4 Å². The van der Waals surface area contributed by atoms with Crippen molar-refractivity contribution in [2.24, 2.45) is 0 Å². The maximum atomic E-state index is 13.3. The summed E-state index contributed by atoms with van der Waals surface area (Å²) >= 11 is 0. The van der Waals surface area contributed by atoms with E-state index in [-0.39, 0.29) is 5.82 Å². The van der Waals surface area contributed by atoms with Gasteiger partial charge in [-0.05, 0) is 24.6 Å². The van der Waals surface area contributed by atoms with Crippen LogP contribution >= 0.6 is 0 Å². The third-order valence-electron chi connectivity index (χ3n) is 1.88. The van der Waals surface area contributed by atoms with Crippen molar-refractivity contribution in [1.82, 2.24) is 9.97 Å². The van der Waals surface area contributed by atoms with Crippen molar-refractivity contribution in [3.63, 3.8) is 0 Å². The molecule has 72 valence electrons. The van der Waals surface area contributed by atoms with Crippen LogP contribution in [-0.2, 0) is 0 Å². The predicted octanol–water partition coefficient (Wildman–Crippen LogP) is 2.60. The SMILES string of the molecule is Cc1ccc(Nc2ncc[nH]2)c(F)c1. The number of H-pyrrole nitrogens is 1. The summed E-state index contributed by atoms with van der Waals surface area (Å²) in [4.78, 5) is 6.78. The van der Waals surface area contributed by atoms with E-state index in [1.54, 1.807) is 18.5 Å². The van der Waals surface area contributed by atoms with Crippen LogP contribution in [0.25, 0.3) is 0 Å². The minimum absolute atomic E-state index is 0.276. The summed E-state index contributed by atoms with van der Waals surface area (Å²) in [6.07, 6.45) is 3.28. The monoisotopic (exact) mass is 191 g/mol. The van der Waals surface area contributed by atoms with E-state index in [4.69, 9.17) is 0 Å². The molecule has 0 saturated heterocycles. The fourth-order valence-corrected chi connectivity index (χ4v) is 1.18. The summed E-state index contributed by atoms with van der Waals surface area (Å²) in [5.74, 6) is 0.258. The molecular weight excluding hydrogens is 181 g/mol. The summed E-state index contributed by atoms with van der Waals surface area (Å²) in [5.41, 5.74) is 1.32. The molecule has 1 aromatic heterocycles. The Labute approximate surface area is 81.0 Å². The lowest BCUT2D eigenvalue weighted by Crippen LogP contribution is -1.95. The maximum Gasteiger partial charge on any atom is 0.204 e. The fraction of sp³-hybridized carbons (Fsp3) is 0.100. The predicted molar refractivity (Wildman–Crippen MR) is 53.0 cm³/mol. The number of hydrogen-bond acceptors (Lipinski definition) is 2. The zero-order valence-electron chi connectivity index (χ0n) is 7.71. The summed E-state index contributed by atoms with van der Waals surface area (Å²) in [6, 6.07) is 5.01. The van der Waals surface area contributed by atoms with E-state index >= 15 is 0 Å². The molecule has 0 bridgehead atoms. The number of halogens is 1. The number of hydrogen-bond donors (Lipinski definition) is 2. The highest BCUT2D eigenvalue weighted by Crippen LogP contribution is 2.18. The Hall–Kier alpha value is -1.84. The fourth-order valence-electron chi connectivity index (χ4n) is 1.18. The molecule has 0 amide bonds. The largest absolute Gasteiger partial charge is 0.331 e. The number of aromatic nitrogens is 2. The molecule has 0 aliphatic rings. The minimum atomic E-state index is -0.276. The van der Waals surface area contributed by atoms with E-state index in [2.05, 4.69) is 15.3 Å². The highest BCUT2D eigenvalue weighted by molar-refractivity contribution is 5.54. The van der Waals surface area contributed by atoms with E-state index in [0.717, 1.165) is 5.56 Å². The molecule has 0 atom stereocenters. The van der Waals surface area contributed by atoms with E-state index in [1.165, 1.54) is 6.07 Å². The molecule has 0 unspecified atom stereocenters. The van der Waals surface area contributed by atoms with E-state index in [9.17, 15) is 4.39 Å². The Morgan fingerprint density at radius 3 is 2.93 bits per heavy atom. The standard InChI is InChI=1S/C10H10FN3/c1-7-2-3-9(8(11)6-7)14-10-12-4-5-13-10/h2-6H,1H3,(H2,12,13,14). The molecule has 3 nitrogen and oxygen atoms in total. The molecule has 2 N–H and O–H groups in total. The molecular formula is C10H10FN3. The zero-order valence-corrected chi connectivity index (χ0v) is 7.71. The van der Waals surface area contributed by atoms with Gasteiger partial charge in [0.15, 0.2) is 0 Å². The molecule has 1 heterocycles. The van der Waals surface area contributed by atoms with E-state index in [1.807, 2.05) is 13.0 Å². The van der Waals surface area contributed by atoms with Crippen molar-refractivity contribution in [2.75, 3.05) is 5.32 Å². The van der Waals surface area contributed by atoms with Crippen LogP contribution in [0.3, 0.4) is 0 Å². The zero-order chi connectivity index (χ0) is 9.97. The second kappa shape index (κ2) is 3.49. The molecule has 1 aromatic carbocycles. The van der Waals surface area contributed by atoms with Crippen molar-refractivity contribution in [2.45, 2.75) is 6.92 Å². The quantitative estimate of drug-likeness (QED) is 0.766. The number of nitrogens with zero attached hydrogens (tertiary/aromatic N) is 1. The van der Waals surface area contributed by atoms with Crippen molar-refractivity contribution in [3.05, 3.63) is 42.0 Å². The first kappa shape index (κ1) is 8.74. The molecule has 2 rings (SSSR count). The molecule has 0 radical (unpaired) electrons. The van der Waals surface area contributed by atoms with Crippen molar-refractivity contribution < 1.29 is 4.39 Å². The van der Waals surface area contributed by atoms with Gasteiger partial charge in [0.2, 0.25) is 5.95 Å². The highest BCUT2D eigenvalue weighted by atomic mass is 19.1. The van der Waals surface area contributed by atoms with Crippen molar-refractivity contribution >= 4 is 11.6 Å². The third-order valence-corrected chi connectivity index (χ3v) is 1.88. The lowest BCUT2D eigenvalue weighted by atomic mass is 10.2. The molecule has 0 saturated carbocycles. The molecule has 0 aliphatic heterocycles. The molecule has 0 spiro atoms. The van der Waals surface area contributed by atoms with E-state index < -0.39 is 0 Å². The van der Waals surface area contributed by atoms with Gasteiger partial charge < -0.3 is 10.3 Å². The molecule has 2 aromatic rings. The third kappa shape index (κ3) is 1.74. The number of aromatic amines is 1. The molecule has 0 aliphatic carbocycles. The smallest absolute Gasteiger partial charge is 0.204 e. The van der Waals surface area contributed by atoms with Crippen LogP contribution in [-0.4, -0.2) is 9.97 Å². The number of imidazole rings is 1. The van der Waals surface area contributed by atoms with Crippen molar-refractivity contribution in [3.8, 4) is 0 Å². The Kier molecular flexibility index (Phi) is 2.18. The van der Waals surface area contributed by atoms with Gasteiger partial charge in [-0.1, -0.05) is 6.07 Å². The van der Waals surface area contributed by atoms with Gasteiger partial charge in [-0.25, -0.2) is 9.37 Å². The number of rotatable bonds is 2. The Balaban J connectivity index is 2.25. The summed E-state index contributed by atoms with van der Waals surface area (Å²) in [7, 11) is 0. The summed E-state index contributed by atoms with van der Waals surface area (Å²) < 4.78 is 13.3. The molecule has 0 fully saturated rings. The van der Waals surface area contributed by atoms with Crippen LogP contribution in [0.4, 0.5) is 16.0 Å². The van der Waals surface area contributed by atoms with Crippen molar-refractivity contribution in [1.29, 1.82) is 0 Å². The Morgan fingerprint density at radius 2 is 2.29 bits per heavy atom. The lowest BCUT2D eigenvalue weighted by molar-refractivity contribution is 0.630. The van der Waals surface area contributed by atoms with Gasteiger partial charge in [0.25, 0.3) is 0 Å². The number of benzene rings is 1. The van der Waals surface area contributed by atoms with Gasteiger partial charge in [-0.2, -0.15) is 0 Å². The Morgan fingerprint density at radius 1 is 1.43 bits per heavy atom. The van der Waals surface area contributed by atoms with Gasteiger partial charge in [-0.15, -0.1) is 0 Å². The van der Waals surface area contributed by atoms with Crippen LogP contribution in [0.1, 0.15) is 5.56 Å². The van der Waals surface area contributed by atoms with Gasteiger partial charge >= 0.3 is 0 Å². The van der Waals surface area contributed by atoms with Gasteiger partial charge in [0.05, 0.1) is 5.69 Å². The average molecular weight is 191 g/mol. The van der Waals surface area contributed by atoms with Crippen LogP contribution in [0, 0.1) is 12.7 Å². The van der Waals surface area contributed by atoms with Crippen LogP contribution in [0.2, 0.25) is 0 Å². The number of aryl methyl sites for hydroxylation is 1. The molecule has 14 heavy (non-hydrogen) atoms. The van der Waals surface area contributed by atoms with Crippen LogP contribution < -0.4 is 5.32 Å². The second-order valence-electron chi connectivity index (χ2n) is 3.05. The topological polar surface area (TPSA) is 40.7 Å². The summed E-state index contributed by atoms with van der Waals surface area (Å²) in [6.45, 7) is 1.85.